The zero-order valence-electron chi connectivity index (χ0n) is 69.7. The third-order valence-corrected chi connectivity index (χ3v) is 23.4. The summed E-state index contributed by atoms with van der Waals surface area (Å²) in [6.07, 6.45) is 8.77. The molecule has 29 nitrogen and oxygen atoms in total. The molecule has 9 heterocycles. The van der Waals surface area contributed by atoms with Crippen LogP contribution in [0.3, 0.4) is 0 Å². The van der Waals surface area contributed by atoms with Gasteiger partial charge in [0.05, 0.1) is 30.6 Å². The van der Waals surface area contributed by atoms with Crippen molar-refractivity contribution in [3.8, 4) is 0 Å². The lowest BCUT2D eigenvalue weighted by Crippen LogP contribution is -2.60. The number of anilines is 5. The number of halogens is 3. The number of likely N-dealkylation sites (tertiary alicyclic amines) is 2. The van der Waals surface area contributed by atoms with Crippen molar-refractivity contribution in [2.75, 3.05) is 111 Å². The average Bonchev–Trinajstić information content (AvgIpc) is 1.59. The molecule has 15 rings (SSSR count). The molecule has 33 heteroatoms. The maximum Gasteiger partial charge on any atom is 0.410 e. The Morgan fingerprint density at radius 3 is 1.12 bits per heavy atom. The second-order valence-corrected chi connectivity index (χ2v) is 36.1. The fourth-order valence-electron chi connectivity index (χ4n) is 14.9. The quantitative estimate of drug-likeness (QED) is 0.0250. The van der Waals surface area contributed by atoms with Gasteiger partial charge in [-0.3, -0.25) is 18.6 Å². The summed E-state index contributed by atoms with van der Waals surface area (Å²) in [5.74, 6) is 1.46. The fraction of sp³-hybridized carbons (Fsp3) is 0.404. The number of ether oxygens (including phenoxy) is 2. The molecule has 11 N–H and O–H groups in total. The van der Waals surface area contributed by atoms with E-state index in [1.807, 2.05) is 157 Å². The van der Waals surface area contributed by atoms with Gasteiger partial charge in [-0.05, 0) is 136 Å². The molecule has 3 aromatic heterocycles. The van der Waals surface area contributed by atoms with E-state index in [2.05, 4.69) is 72.3 Å². The molecule has 646 valence electrons. The predicted octanol–water partition coefficient (Wildman–Crippen LogP) is 11.7. The number of nitrogens with zero attached hydrogens (tertiary/aromatic N) is 10. The normalized spacial score (nSPS) is 15.9. The van der Waals surface area contributed by atoms with Crippen LogP contribution in [0.1, 0.15) is 142 Å². The van der Waals surface area contributed by atoms with E-state index in [1.54, 1.807) is 52.5 Å². The maximum atomic E-state index is 13.2. The molecule has 122 heavy (non-hydrogen) atoms. The molecule has 6 fully saturated rings. The molecule has 3 spiro atoms. The summed E-state index contributed by atoms with van der Waals surface area (Å²) in [5, 5.41) is 54.8. The van der Waals surface area contributed by atoms with Gasteiger partial charge in [0.2, 0.25) is 17.1 Å². The second-order valence-electron chi connectivity index (χ2n) is 33.6. The van der Waals surface area contributed by atoms with Gasteiger partial charge in [0.1, 0.15) is 45.3 Å². The lowest BCUT2D eigenvalue weighted by atomic mass is 9.79. The highest BCUT2D eigenvalue weighted by molar-refractivity contribution is 7.84. The Labute approximate surface area is 728 Å². The number of aliphatic hydroxyl groups is 3. The highest BCUT2D eigenvalue weighted by Gasteiger charge is 2.52. The third kappa shape index (κ3) is 24.6. The summed E-state index contributed by atoms with van der Waals surface area (Å²) in [4.78, 5) is 98.0. The number of aromatic nitrogens is 6. The minimum Gasteiger partial charge on any atom is -0.444 e. The third-order valence-electron chi connectivity index (χ3n) is 21.6. The van der Waals surface area contributed by atoms with Crippen molar-refractivity contribution in [2.24, 2.45) is 16.2 Å². The first kappa shape index (κ1) is 90.6. The van der Waals surface area contributed by atoms with Crippen LogP contribution in [0.4, 0.5) is 38.9 Å². The Kier molecular flexibility index (Phi) is 30.4. The Hall–Kier alpha value is -10.7. The van der Waals surface area contributed by atoms with Crippen LogP contribution in [0.25, 0.3) is 0 Å². The average molecular weight is 1740 g/mol. The second kappa shape index (κ2) is 41.0. The predicted molar refractivity (Wildman–Crippen MR) is 472 cm³/mol. The molecule has 6 aromatic carbocycles. The smallest absolute Gasteiger partial charge is 0.410 e. The van der Waals surface area contributed by atoms with Crippen molar-refractivity contribution < 1.29 is 53.0 Å². The minimum atomic E-state index is -1.39. The van der Waals surface area contributed by atoms with Crippen LogP contribution in [0, 0.1) is 16.2 Å². The molecule has 6 saturated heterocycles. The van der Waals surface area contributed by atoms with Gasteiger partial charge < -0.3 is 86.9 Å². The number of carbonyl (C=O) groups excluding carboxylic acids is 5. The molecular weight excluding hydrogens is 1640 g/mol. The van der Waals surface area contributed by atoms with Crippen LogP contribution in [0.5, 0.6) is 0 Å². The zero-order valence-corrected chi connectivity index (χ0v) is 72.8. The van der Waals surface area contributed by atoms with E-state index < -0.39 is 16.4 Å². The van der Waals surface area contributed by atoms with Crippen molar-refractivity contribution in [1.29, 1.82) is 0 Å². The summed E-state index contributed by atoms with van der Waals surface area (Å²) in [5.41, 5.74) is 8.27. The highest BCUT2D eigenvalue weighted by Crippen LogP contribution is 2.42. The molecule has 0 bridgehead atoms. The molecular formula is C89H107Cl3N18O11S. The molecule has 0 radical (unpaired) electrons. The molecule has 0 saturated carbocycles. The van der Waals surface area contributed by atoms with Crippen LogP contribution in [0.2, 0.25) is 15.1 Å². The summed E-state index contributed by atoms with van der Waals surface area (Å²) in [7, 11) is -1.39. The van der Waals surface area contributed by atoms with Gasteiger partial charge in [-0.15, -0.1) is 0 Å². The number of aliphatic hydroxyl groups excluding tert-OH is 3. The largest absolute Gasteiger partial charge is 0.444 e. The maximum absolute atomic E-state index is 13.2. The lowest BCUT2D eigenvalue weighted by Gasteiger charge is -2.47. The van der Waals surface area contributed by atoms with Crippen molar-refractivity contribution in [1.82, 2.24) is 66.3 Å². The monoisotopic (exact) mass is 1740 g/mol. The van der Waals surface area contributed by atoms with Crippen LogP contribution in [-0.2, 0) is 79.4 Å². The van der Waals surface area contributed by atoms with E-state index in [4.69, 9.17) is 54.2 Å². The van der Waals surface area contributed by atoms with Crippen molar-refractivity contribution in [3.63, 3.8) is 0 Å². The van der Waals surface area contributed by atoms with Gasteiger partial charge in [0.15, 0.2) is 0 Å². The van der Waals surface area contributed by atoms with Gasteiger partial charge in [-0.25, -0.2) is 29.5 Å². The summed E-state index contributed by atoms with van der Waals surface area (Å²) in [6.45, 7) is 23.6. The number of rotatable bonds is 24. The van der Waals surface area contributed by atoms with E-state index in [0.717, 1.165) is 105 Å². The number of amides is 5. The first-order chi connectivity index (χ1) is 58.5. The Morgan fingerprint density at radius 2 is 0.795 bits per heavy atom. The molecule has 1 unspecified atom stereocenters. The van der Waals surface area contributed by atoms with E-state index in [9.17, 15) is 43.5 Å². The van der Waals surface area contributed by atoms with Gasteiger partial charge in [0.25, 0.3) is 17.7 Å². The summed E-state index contributed by atoms with van der Waals surface area (Å²) < 4.78 is 22.6. The Morgan fingerprint density at radius 1 is 0.443 bits per heavy atom. The van der Waals surface area contributed by atoms with Crippen molar-refractivity contribution >= 4 is 105 Å². The van der Waals surface area contributed by atoms with Crippen LogP contribution in [-0.4, -0.2) is 185 Å². The highest BCUT2D eigenvalue weighted by atomic mass is 35.5. The Balaban J connectivity index is 0.000000156. The van der Waals surface area contributed by atoms with Crippen LogP contribution in [0.15, 0.2) is 169 Å². The summed E-state index contributed by atoms with van der Waals surface area (Å²) in [6, 6.07) is 45.2. The van der Waals surface area contributed by atoms with E-state index in [-0.39, 0.29) is 77.3 Å². The van der Waals surface area contributed by atoms with Gasteiger partial charge in [-0.1, -0.05) is 162 Å². The molecule has 6 aliphatic rings. The standard InChI is InChI=1S/C31H37ClN6O4.C26H29ClN6O2.C21H21ClN4O3S.C11H20N2O2/c1-30(2,3)42-29(41)38-19-31(20-38)11-12-37(18-31)28-35-16-24(27(40)34-14-21-7-5-4-6-8-21)26(36-28)33-15-22-9-10-23(17-39)25(32)13-22;27-22-10-19(6-7-20(22)14-34)12-29-23-21(24(35)30-11-18-4-2-1-3-5-18)13-31-25(32-23)33-9-8-26(17-33)15-28-16-26;1-30(29)21-25-12-17(20(28)24-10-14-5-3-2-4-6-14)19(26-21)23-11-15-7-8-16(13-27)18(22)9-15;1-10(2,3)15-9(14)13-7-11(8-13)4-5-12-6-11/h4-10,13,16,39H,11-12,14-15,17-20H2,1-3H3,(H,34,40)(H,33,35,36);1-7,10,13,28,34H,8-9,11-12,14-17H2,(H,30,35)(H,29,31,32);2-9,12,27H,10-11,13H2,1H3,(H,24,28)(H,23,25,26);12H,4-8H2,1-3H3. The lowest BCUT2D eigenvalue weighted by molar-refractivity contribution is -0.0274. The SMILES string of the molecule is CC(C)(C)OC(=O)N1CC2(CCN(c3ncc(C(=O)NCc4ccccc4)c(NCc4ccc(CO)c(Cl)c4)n3)C2)C1.CC(C)(C)OC(=O)N1CC2(CCNC2)C1.CS(=O)c1ncc(C(=O)NCc2ccccc2)c(NCc2ccc(CO)c(Cl)c2)n1.O=C(NCc1ccccc1)c1cnc(N2CCC3(CNC3)C2)nc1NCc1ccc(CO)c(Cl)c1. The van der Waals surface area contributed by atoms with E-state index >= 15 is 0 Å². The first-order valence-electron chi connectivity index (χ1n) is 40.6. The number of nitrogens with one attached hydrogen (secondary N) is 8. The van der Waals surface area contributed by atoms with E-state index in [1.165, 1.54) is 18.9 Å². The number of benzene rings is 6. The van der Waals surface area contributed by atoms with Crippen molar-refractivity contribution in [3.05, 3.63) is 246 Å². The number of hydrogen-bond acceptors (Lipinski definition) is 24. The summed E-state index contributed by atoms with van der Waals surface area (Å²) >= 11 is 18.7. The molecule has 9 aromatic rings. The van der Waals surface area contributed by atoms with Gasteiger partial charge >= 0.3 is 12.2 Å². The Bertz CT molecular complexity index is 5150. The van der Waals surface area contributed by atoms with Crippen LogP contribution >= 0.6 is 34.8 Å². The van der Waals surface area contributed by atoms with Crippen molar-refractivity contribution in [2.45, 2.75) is 136 Å². The minimum absolute atomic E-state index is 0.0230. The molecule has 0 aliphatic carbocycles. The van der Waals surface area contributed by atoms with Gasteiger partial charge in [-0.2, -0.15) is 9.97 Å². The van der Waals surface area contributed by atoms with Gasteiger partial charge in [0, 0.05) is 167 Å². The van der Waals surface area contributed by atoms with E-state index in [0.29, 0.717) is 136 Å². The molecule has 6 aliphatic heterocycles. The number of hydrogen-bond donors (Lipinski definition) is 11. The molecule has 5 amide bonds. The van der Waals surface area contributed by atoms with Crippen LogP contribution < -0.4 is 52.3 Å². The first-order valence-corrected chi connectivity index (χ1v) is 43.3. The zero-order chi connectivity index (χ0) is 86.8. The topological polar surface area (TPSA) is 368 Å². The number of carbonyl (C=O) groups is 5. The molecule has 1 atom stereocenters. The fourth-order valence-corrected chi connectivity index (χ4v) is 16.1.